The third-order valence-corrected chi connectivity index (χ3v) is 6.40. The van der Waals surface area contributed by atoms with E-state index >= 15 is 0 Å². The van der Waals surface area contributed by atoms with E-state index in [1.807, 2.05) is 18.2 Å². The van der Waals surface area contributed by atoms with Gasteiger partial charge in [-0.05, 0) is 25.5 Å². The molecule has 0 saturated heterocycles. The first kappa shape index (κ1) is 19.1. The summed E-state index contributed by atoms with van der Waals surface area (Å²) in [5.74, 6) is -0.582. The number of hydrogen-bond donors (Lipinski definition) is 0. The molecule has 8 nitrogen and oxygen atoms in total. The first-order chi connectivity index (χ1) is 12.7. The summed E-state index contributed by atoms with van der Waals surface area (Å²) in [5.41, 5.74) is 1.17. The number of hydrogen-bond acceptors (Lipinski definition) is 6. The van der Waals surface area contributed by atoms with Crippen LogP contribution in [0, 0.1) is 13.8 Å². The predicted molar refractivity (Wildman–Crippen MR) is 98.0 cm³/mol. The molecule has 3 aromatic rings. The number of nitrogens with zero attached hydrogens (tertiary/aromatic N) is 4. The van der Waals surface area contributed by atoms with Crippen LogP contribution in [-0.2, 0) is 16.6 Å². The maximum Gasteiger partial charge on any atom is 0.271 e. The maximum absolute atomic E-state index is 12.8. The van der Waals surface area contributed by atoms with Crippen LogP contribution in [0.1, 0.15) is 27.4 Å². The molecular weight excluding hydrogens is 392 g/mol. The summed E-state index contributed by atoms with van der Waals surface area (Å²) in [4.78, 5) is 12.5. The molecule has 0 aliphatic carbocycles. The van der Waals surface area contributed by atoms with Crippen LogP contribution in [0.4, 0.5) is 0 Å². The summed E-state index contributed by atoms with van der Waals surface area (Å²) in [5, 5.41) is 8.34. The van der Waals surface area contributed by atoms with Crippen LogP contribution in [0.3, 0.4) is 0 Å². The highest BCUT2D eigenvalue weighted by molar-refractivity contribution is 7.89. The molecule has 1 amide bonds. The molecule has 27 heavy (non-hydrogen) atoms. The summed E-state index contributed by atoms with van der Waals surface area (Å²) in [7, 11) is -2.90. The molecule has 0 radical (unpaired) electrons. The van der Waals surface area contributed by atoms with Gasteiger partial charge in [-0.1, -0.05) is 35.0 Å². The van der Waals surface area contributed by atoms with Gasteiger partial charge in [0.15, 0.2) is 10.7 Å². The van der Waals surface area contributed by atoms with Crippen LogP contribution in [-0.4, -0.2) is 40.6 Å². The van der Waals surface area contributed by atoms with Crippen molar-refractivity contribution in [2.24, 2.45) is 0 Å². The van der Waals surface area contributed by atoms with E-state index in [0.29, 0.717) is 15.9 Å². The molecule has 0 spiro atoms. The topological polar surface area (TPSA) is 98.3 Å². The van der Waals surface area contributed by atoms with Crippen molar-refractivity contribution >= 4 is 27.5 Å². The van der Waals surface area contributed by atoms with Crippen LogP contribution in [0.25, 0.3) is 0 Å². The van der Waals surface area contributed by atoms with Gasteiger partial charge in [0.1, 0.15) is 5.69 Å². The minimum Gasteiger partial charge on any atom is -0.360 e. The van der Waals surface area contributed by atoms with E-state index in [1.54, 1.807) is 6.07 Å². The van der Waals surface area contributed by atoms with E-state index in [4.69, 9.17) is 16.1 Å². The number of halogens is 1. The van der Waals surface area contributed by atoms with Crippen molar-refractivity contribution in [1.82, 2.24) is 19.2 Å². The smallest absolute Gasteiger partial charge is 0.271 e. The Hall–Kier alpha value is -2.65. The number of carbonyl (C=O) groups is 1. The third kappa shape index (κ3) is 3.60. The minimum absolute atomic E-state index is 0.109. The zero-order chi connectivity index (χ0) is 19.8. The highest BCUT2D eigenvalue weighted by Gasteiger charge is 2.32. The molecule has 2 heterocycles. The monoisotopic (exact) mass is 408 g/mol. The van der Waals surface area contributed by atoms with E-state index in [2.05, 4.69) is 10.3 Å². The average molecular weight is 409 g/mol. The summed E-state index contributed by atoms with van der Waals surface area (Å²) in [6, 6.07) is 7.27. The largest absolute Gasteiger partial charge is 0.360 e. The van der Waals surface area contributed by atoms with Gasteiger partial charge < -0.3 is 4.52 Å². The van der Waals surface area contributed by atoms with Crippen molar-refractivity contribution in [3.63, 3.8) is 0 Å². The second kappa shape index (κ2) is 7.16. The fourth-order valence-electron chi connectivity index (χ4n) is 2.63. The lowest BCUT2D eigenvalue weighted by molar-refractivity contribution is 0.0883. The predicted octanol–water partition coefficient (Wildman–Crippen LogP) is 2.65. The average Bonchev–Trinajstić information content (AvgIpc) is 3.22. The Bertz CT molecular complexity index is 1080. The Kier molecular flexibility index (Phi) is 5.07. The Balaban J connectivity index is 1.84. The lowest BCUT2D eigenvalue weighted by Gasteiger charge is -2.16. The molecule has 0 aliphatic rings. The van der Waals surface area contributed by atoms with Crippen molar-refractivity contribution in [3.05, 3.63) is 64.3 Å². The van der Waals surface area contributed by atoms with Crippen molar-refractivity contribution < 1.29 is 17.7 Å². The second-order valence-corrected chi connectivity index (χ2v) is 8.26. The Morgan fingerprint density at radius 1 is 1.30 bits per heavy atom. The van der Waals surface area contributed by atoms with Gasteiger partial charge in [0.25, 0.3) is 15.9 Å². The van der Waals surface area contributed by atoms with Crippen LogP contribution in [0.2, 0.25) is 5.02 Å². The van der Waals surface area contributed by atoms with Crippen molar-refractivity contribution in [2.45, 2.75) is 25.3 Å². The van der Waals surface area contributed by atoms with Crippen LogP contribution >= 0.6 is 11.6 Å². The molecule has 0 N–H and O–H groups in total. The Morgan fingerprint density at radius 2 is 2.00 bits per heavy atom. The van der Waals surface area contributed by atoms with Crippen LogP contribution in [0.5, 0.6) is 0 Å². The van der Waals surface area contributed by atoms with Crippen LogP contribution in [0.15, 0.2) is 46.1 Å². The molecule has 0 aliphatic heterocycles. The number of amides is 1. The number of aryl methyl sites for hydroxylation is 2. The van der Waals surface area contributed by atoms with E-state index < -0.39 is 15.9 Å². The normalized spacial score (nSPS) is 11.6. The van der Waals surface area contributed by atoms with Gasteiger partial charge in [-0.25, -0.2) is 12.7 Å². The SMILES string of the molecule is Cc1noc(C)c1S(=O)(=O)N(C)C(=O)c1cnn(Cc2ccccc2Cl)c1. The number of rotatable bonds is 5. The molecular formula is C17H17ClN4O4S. The minimum atomic E-state index is -4.09. The van der Waals surface area contributed by atoms with E-state index in [9.17, 15) is 13.2 Å². The van der Waals surface area contributed by atoms with Gasteiger partial charge in [-0.2, -0.15) is 5.10 Å². The Labute approximate surface area is 161 Å². The van der Waals surface area contributed by atoms with E-state index in [-0.39, 0.29) is 21.9 Å². The third-order valence-electron chi connectivity index (χ3n) is 4.04. The summed E-state index contributed by atoms with van der Waals surface area (Å²) >= 11 is 6.13. The lowest BCUT2D eigenvalue weighted by atomic mass is 10.2. The van der Waals surface area contributed by atoms with Gasteiger partial charge in [0, 0.05) is 18.3 Å². The van der Waals surface area contributed by atoms with Crippen molar-refractivity contribution in [1.29, 1.82) is 0 Å². The standard InChI is InChI=1S/C17H17ClN4O4S/c1-11-16(12(2)26-20-11)27(24,25)21(3)17(23)14-8-19-22(10-14)9-13-6-4-5-7-15(13)18/h4-8,10H,9H2,1-3H3. The fraction of sp³-hybridized carbons (Fsp3) is 0.235. The first-order valence-corrected chi connectivity index (χ1v) is 9.75. The van der Waals surface area contributed by atoms with Gasteiger partial charge >= 0.3 is 0 Å². The molecule has 10 heteroatoms. The quantitative estimate of drug-likeness (QED) is 0.643. The molecule has 142 valence electrons. The van der Waals surface area contributed by atoms with E-state index in [1.165, 1.54) is 38.0 Å². The molecule has 3 rings (SSSR count). The number of aromatic nitrogens is 3. The van der Waals surface area contributed by atoms with Gasteiger partial charge in [-0.3, -0.25) is 9.48 Å². The zero-order valence-corrected chi connectivity index (χ0v) is 16.5. The molecule has 0 saturated carbocycles. The molecule has 0 unspecified atom stereocenters. The highest BCUT2D eigenvalue weighted by Crippen LogP contribution is 2.23. The molecule has 0 fully saturated rings. The number of sulfonamides is 1. The molecule has 0 atom stereocenters. The van der Waals surface area contributed by atoms with Gasteiger partial charge in [0.2, 0.25) is 0 Å². The van der Waals surface area contributed by atoms with Gasteiger partial charge in [0.05, 0.1) is 18.3 Å². The van der Waals surface area contributed by atoms with Crippen molar-refractivity contribution in [2.75, 3.05) is 7.05 Å². The number of carbonyl (C=O) groups excluding carboxylic acids is 1. The first-order valence-electron chi connectivity index (χ1n) is 7.94. The van der Waals surface area contributed by atoms with Gasteiger partial charge in [-0.15, -0.1) is 0 Å². The van der Waals surface area contributed by atoms with E-state index in [0.717, 1.165) is 5.56 Å². The zero-order valence-electron chi connectivity index (χ0n) is 14.9. The Morgan fingerprint density at radius 3 is 2.63 bits per heavy atom. The fourth-order valence-corrected chi connectivity index (χ4v) is 4.24. The maximum atomic E-state index is 12.8. The lowest BCUT2D eigenvalue weighted by Crippen LogP contribution is -2.33. The summed E-state index contributed by atoms with van der Waals surface area (Å²) < 4.78 is 32.6. The second-order valence-electron chi connectivity index (χ2n) is 5.95. The summed E-state index contributed by atoms with van der Waals surface area (Å²) in [6.07, 6.45) is 2.80. The molecule has 1 aromatic carbocycles. The molecule has 2 aromatic heterocycles. The molecule has 0 bridgehead atoms. The van der Waals surface area contributed by atoms with Crippen LogP contribution < -0.4 is 0 Å². The highest BCUT2D eigenvalue weighted by atomic mass is 35.5. The summed E-state index contributed by atoms with van der Waals surface area (Å²) in [6.45, 7) is 3.34. The number of benzene rings is 1. The van der Waals surface area contributed by atoms with Crippen molar-refractivity contribution in [3.8, 4) is 0 Å².